The summed E-state index contributed by atoms with van der Waals surface area (Å²) in [4.78, 5) is 36.3. The first-order valence-electron chi connectivity index (χ1n) is 5.84. The number of hydrogen-bond donors (Lipinski definition) is 2. The van der Waals surface area contributed by atoms with Crippen LogP contribution in [-0.4, -0.2) is 47.4 Å². The fourth-order valence-electron chi connectivity index (χ4n) is 1.84. The van der Waals surface area contributed by atoms with Crippen molar-refractivity contribution >= 4 is 17.7 Å². The second-order valence-corrected chi connectivity index (χ2v) is 4.49. The molecule has 0 fully saturated rings. The molecule has 1 unspecified atom stereocenters. The number of rotatable bonds is 3. The van der Waals surface area contributed by atoms with Crippen molar-refractivity contribution in [3.63, 3.8) is 0 Å². The highest BCUT2D eigenvalue weighted by molar-refractivity contribution is 6.21. The maximum absolute atomic E-state index is 11.8. The molecule has 1 aliphatic rings. The van der Waals surface area contributed by atoms with Crippen molar-refractivity contribution < 1.29 is 19.5 Å². The van der Waals surface area contributed by atoms with E-state index in [0.29, 0.717) is 5.56 Å². The molecule has 1 atom stereocenters. The van der Waals surface area contributed by atoms with Crippen molar-refractivity contribution in [1.82, 2.24) is 10.2 Å². The molecule has 2 N–H and O–H groups in total. The van der Waals surface area contributed by atoms with Crippen LogP contribution in [-0.2, 0) is 0 Å². The fraction of sp³-hybridized carbons (Fsp3) is 0.308. The van der Waals surface area contributed by atoms with Crippen LogP contribution in [0.5, 0.6) is 0 Å². The highest BCUT2D eigenvalue weighted by Gasteiger charge is 2.33. The van der Waals surface area contributed by atoms with Crippen molar-refractivity contribution in [3.8, 4) is 0 Å². The van der Waals surface area contributed by atoms with E-state index in [9.17, 15) is 14.4 Å². The lowest BCUT2D eigenvalue weighted by molar-refractivity contribution is 0.0693. The summed E-state index contributed by atoms with van der Waals surface area (Å²) in [6, 6.07) is 4.35. The molecule has 1 aromatic carbocycles. The first kappa shape index (κ1) is 13.2. The molecular formula is C13H14N2O4. The Morgan fingerprint density at radius 1 is 1.32 bits per heavy atom. The summed E-state index contributed by atoms with van der Waals surface area (Å²) < 4.78 is 0. The van der Waals surface area contributed by atoms with Crippen molar-refractivity contribution in [2.75, 3.05) is 13.6 Å². The summed E-state index contributed by atoms with van der Waals surface area (Å²) >= 11 is 0. The summed E-state index contributed by atoms with van der Waals surface area (Å²) in [5, 5.41) is 11.6. The van der Waals surface area contributed by atoms with Gasteiger partial charge in [0.15, 0.2) is 0 Å². The largest absolute Gasteiger partial charge is 0.392 e. The van der Waals surface area contributed by atoms with Crippen LogP contribution in [0, 0.1) is 0 Å². The molecule has 0 bridgehead atoms. The van der Waals surface area contributed by atoms with Gasteiger partial charge in [0.1, 0.15) is 0 Å². The van der Waals surface area contributed by atoms with Crippen LogP contribution in [0.15, 0.2) is 18.2 Å². The molecule has 100 valence electrons. The Hall–Kier alpha value is -2.21. The second kappa shape index (κ2) is 4.81. The number of carbonyl (C=O) groups is 3. The van der Waals surface area contributed by atoms with Gasteiger partial charge in [-0.2, -0.15) is 0 Å². The van der Waals surface area contributed by atoms with E-state index in [1.54, 1.807) is 6.92 Å². The lowest BCUT2D eigenvalue weighted by atomic mass is 10.1. The molecule has 0 saturated carbocycles. The maximum atomic E-state index is 11.8. The minimum atomic E-state index is -0.646. The van der Waals surface area contributed by atoms with Gasteiger partial charge in [0.2, 0.25) is 0 Å². The zero-order valence-electron chi connectivity index (χ0n) is 10.6. The average Bonchev–Trinajstić information content (AvgIpc) is 2.61. The number of amides is 3. The predicted octanol–water partition coefficient (Wildman–Crippen LogP) is 0.0230. The van der Waals surface area contributed by atoms with Gasteiger partial charge in [0, 0.05) is 19.2 Å². The average molecular weight is 262 g/mol. The van der Waals surface area contributed by atoms with Gasteiger partial charge in [-0.3, -0.25) is 19.3 Å². The van der Waals surface area contributed by atoms with Crippen molar-refractivity contribution in [2.45, 2.75) is 13.0 Å². The molecular weight excluding hydrogens is 248 g/mol. The van der Waals surface area contributed by atoms with E-state index in [1.165, 1.54) is 25.2 Å². The number of aliphatic hydroxyl groups excluding tert-OH is 1. The normalized spacial score (nSPS) is 15.4. The standard InChI is InChI=1S/C13H14N2O4/c1-7(16)6-14-11(17)8-3-4-9-10(5-8)13(19)15(2)12(9)18/h3-5,7,16H,6H2,1-2H3,(H,14,17). The van der Waals surface area contributed by atoms with Crippen molar-refractivity contribution in [3.05, 3.63) is 34.9 Å². The summed E-state index contributed by atoms with van der Waals surface area (Å²) in [5.74, 6) is -1.17. The Morgan fingerprint density at radius 2 is 1.95 bits per heavy atom. The molecule has 0 aliphatic carbocycles. The monoisotopic (exact) mass is 262 g/mol. The molecule has 6 nitrogen and oxygen atoms in total. The van der Waals surface area contributed by atoms with Crippen molar-refractivity contribution in [1.29, 1.82) is 0 Å². The third kappa shape index (κ3) is 2.34. The Kier molecular flexibility index (Phi) is 3.35. The molecule has 0 spiro atoms. The highest BCUT2D eigenvalue weighted by atomic mass is 16.3. The van der Waals surface area contributed by atoms with Gasteiger partial charge in [0.25, 0.3) is 17.7 Å². The van der Waals surface area contributed by atoms with Gasteiger partial charge in [-0.1, -0.05) is 0 Å². The van der Waals surface area contributed by atoms with E-state index in [-0.39, 0.29) is 23.6 Å². The van der Waals surface area contributed by atoms with Gasteiger partial charge >= 0.3 is 0 Å². The van der Waals surface area contributed by atoms with E-state index in [0.717, 1.165) is 4.90 Å². The van der Waals surface area contributed by atoms with Crippen LogP contribution < -0.4 is 5.32 Å². The zero-order valence-corrected chi connectivity index (χ0v) is 10.6. The van der Waals surface area contributed by atoms with E-state index in [2.05, 4.69) is 5.32 Å². The van der Waals surface area contributed by atoms with Gasteiger partial charge < -0.3 is 10.4 Å². The summed E-state index contributed by atoms with van der Waals surface area (Å²) in [5.41, 5.74) is 0.827. The third-order valence-electron chi connectivity index (χ3n) is 2.91. The summed E-state index contributed by atoms with van der Waals surface area (Å²) in [6.45, 7) is 1.68. The number of benzene rings is 1. The minimum absolute atomic E-state index is 0.128. The topological polar surface area (TPSA) is 86.7 Å². The van der Waals surface area contributed by atoms with E-state index >= 15 is 0 Å². The quantitative estimate of drug-likeness (QED) is 0.752. The van der Waals surface area contributed by atoms with Gasteiger partial charge in [0.05, 0.1) is 17.2 Å². The molecule has 19 heavy (non-hydrogen) atoms. The first-order chi connectivity index (χ1) is 8.91. The SMILES string of the molecule is CC(O)CNC(=O)c1ccc2c(c1)C(=O)N(C)C2=O. The lowest BCUT2D eigenvalue weighted by Gasteiger charge is -2.07. The van der Waals surface area contributed by atoms with E-state index < -0.39 is 17.9 Å². The number of nitrogens with zero attached hydrogens (tertiary/aromatic N) is 1. The van der Waals surface area contributed by atoms with Crippen LogP contribution in [0.2, 0.25) is 0 Å². The predicted molar refractivity (Wildman–Crippen MR) is 66.9 cm³/mol. The highest BCUT2D eigenvalue weighted by Crippen LogP contribution is 2.22. The molecule has 1 heterocycles. The van der Waals surface area contributed by atoms with E-state index in [4.69, 9.17) is 5.11 Å². The zero-order chi connectivity index (χ0) is 14.2. The number of carbonyl (C=O) groups excluding carboxylic acids is 3. The van der Waals surface area contributed by atoms with Crippen LogP contribution in [0.3, 0.4) is 0 Å². The Balaban J connectivity index is 2.26. The smallest absolute Gasteiger partial charge is 0.261 e. The molecule has 0 aromatic heterocycles. The second-order valence-electron chi connectivity index (χ2n) is 4.49. The Labute approximate surface area is 110 Å². The van der Waals surface area contributed by atoms with Gasteiger partial charge in [-0.15, -0.1) is 0 Å². The molecule has 3 amide bonds. The number of nitrogens with one attached hydrogen (secondary N) is 1. The van der Waals surface area contributed by atoms with E-state index in [1.807, 2.05) is 0 Å². The molecule has 2 rings (SSSR count). The third-order valence-corrected chi connectivity index (χ3v) is 2.91. The number of aliphatic hydroxyl groups is 1. The van der Waals surface area contributed by atoms with Crippen LogP contribution in [0.4, 0.5) is 0 Å². The van der Waals surface area contributed by atoms with Crippen molar-refractivity contribution in [2.24, 2.45) is 0 Å². The number of imide groups is 1. The molecule has 0 radical (unpaired) electrons. The van der Waals surface area contributed by atoms with Gasteiger partial charge in [-0.25, -0.2) is 0 Å². The number of fused-ring (bicyclic) bond motifs is 1. The van der Waals surface area contributed by atoms with Crippen LogP contribution in [0.1, 0.15) is 38.0 Å². The Morgan fingerprint density at radius 3 is 2.58 bits per heavy atom. The summed E-state index contributed by atoms with van der Waals surface area (Å²) in [7, 11) is 1.40. The minimum Gasteiger partial charge on any atom is -0.392 e. The maximum Gasteiger partial charge on any atom is 0.261 e. The van der Waals surface area contributed by atoms with Crippen LogP contribution in [0.25, 0.3) is 0 Å². The molecule has 6 heteroatoms. The van der Waals surface area contributed by atoms with Crippen LogP contribution >= 0.6 is 0 Å². The fourth-order valence-corrected chi connectivity index (χ4v) is 1.84. The number of hydrogen-bond acceptors (Lipinski definition) is 4. The summed E-state index contributed by atoms with van der Waals surface area (Å²) in [6.07, 6.45) is -0.646. The van der Waals surface area contributed by atoms with Gasteiger partial charge in [-0.05, 0) is 25.1 Å². The molecule has 0 saturated heterocycles. The molecule has 1 aliphatic heterocycles. The first-order valence-corrected chi connectivity index (χ1v) is 5.84. The lowest BCUT2D eigenvalue weighted by Crippen LogP contribution is -2.30. The Bertz CT molecular complexity index is 566. The molecule has 1 aromatic rings.